The zero-order valence-electron chi connectivity index (χ0n) is 15.9. The molecule has 8 heteroatoms. The van der Waals surface area contributed by atoms with E-state index in [4.69, 9.17) is 0 Å². The van der Waals surface area contributed by atoms with Crippen molar-refractivity contribution in [1.29, 1.82) is 5.26 Å². The van der Waals surface area contributed by atoms with Crippen molar-refractivity contribution in [3.05, 3.63) is 58.5 Å². The molecule has 29 heavy (non-hydrogen) atoms. The number of hydrogen-bond donors (Lipinski definition) is 1. The van der Waals surface area contributed by atoms with E-state index in [1.165, 1.54) is 16.6 Å². The number of hydrogen-bond acceptors (Lipinski definition) is 6. The highest BCUT2D eigenvalue weighted by molar-refractivity contribution is 7.99. The van der Waals surface area contributed by atoms with E-state index < -0.39 is 5.54 Å². The first-order valence-corrected chi connectivity index (χ1v) is 11.4. The van der Waals surface area contributed by atoms with Crippen molar-refractivity contribution < 1.29 is 4.79 Å². The molecule has 1 aliphatic rings. The largest absolute Gasteiger partial charge is 0.337 e. The number of thioether (sulfide) groups is 1. The van der Waals surface area contributed by atoms with Gasteiger partial charge in [0.2, 0.25) is 5.91 Å². The van der Waals surface area contributed by atoms with Gasteiger partial charge in [-0.1, -0.05) is 36.0 Å². The zero-order valence-corrected chi connectivity index (χ0v) is 17.5. The van der Waals surface area contributed by atoms with Crippen LogP contribution in [-0.2, 0) is 11.2 Å². The fourth-order valence-corrected chi connectivity index (χ4v) is 5.06. The minimum Gasteiger partial charge on any atom is -0.337 e. The van der Waals surface area contributed by atoms with E-state index in [2.05, 4.69) is 27.6 Å². The van der Waals surface area contributed by atoms with Crippen LogP contribution < -0.4 is 5.32 Å². The van der Waals surface area contributed by atoms with Crippen molar-refractivity contribution in [3.8, 4) is 11.8 Å². The standard InChI is InChI=1S/C21H21N5OS2/c22-15-21(10-4-5-11-21)23-19(27)14-29-20-25-24-18(13-17-9-6-12-28-17)26(20)16-7-2-1-3-8-16/h1-3,6-9,12H,4-5,10-11,13-14H2,(H,23,27). The second-order valence-electron chi connectivity index (χ2n) is 7.06. The van der Waals surface area contributed by atoms with Gasteiger partial charge in [0.1, 0.15) is 11.4 Å². The van der Waals surface area contributed by atoms with Gasteiger partial charge >= 0.3 is 0 Å². The fraction of sp³-hybridized carbons (Fsp3) is 0.333. The Morgan fingerprint density at radius 2 is 2.00 bits per heavy atom. The van der Waals surface area contributed by atoms with Crippen molar-refractivity contribution in [2.45, 2.75) is 42.8 Å². The molecule has 6 nitrogen and oxygen atoms in total. The van der Waals surface area contributed by atoms with Gasteiger partial charge in [-0.05, 0) is 49.3 Å². The highest BCUT2D eigenvalue weighted by atomic mass is 32.2. The van der Waals surface area contributed by atoms with Gasteiger partial charge in [-0.15, -0.1) is 21.5 Å². The van der Waals surface area contributed by atoms with E-state index >= 15 is 0 Å². The van der Waals surface area contributed by atoms with Gasteiger partial charge in [0.05, 0.1) is 11.8 Å². The molecule has 3 aromatic rings. The molecule has 1 aromatic carbocycles. The second-order valence-corrected chi connectivity index (χ2v) is 9.04. The summed E-state index contributed by atoms with van der Waals surface area (Å²) in [5.74, 6) is 0.902. The molecule has 0 bridgehead atoms. The molecule has 2 aromatic heterocycles. The van der Waals surface area contributed by atoms with Gasteiger partial charge in [-0.25, -0.2) is 0 Å². The van der Waals surface area contributed by atoms with E-state index in [0.29, 0.717) is 11.6 Å². The normalized spacial score (nSPS) is 15.1. The Hall–Kier alpha value is -2.63. The van der Waals surface area contributed by atoms with Crippen LogP contribution >= 0.6 is 23.1 Å². The Morgan fingerprint density at radius 3 is 2.69 bits per heavy atom. The van der Waals surface area contributed by atoms with E-state index in [0.717, 1.165) is 37.2 Å². The molecular formula is C21H21N5OS2. The summed E-state index contributed by atoms with van der Waals surface area (Å²) in [6.07, 6.45) is 4.10. The lowest BCUT2D eigenvalue weighted by atomic mass is 10.0. The molecule has 4 rings (SSSR count). The molecule has 1 amide bonds. The Morgan fingerprint density at radius 1 is 1.21 bits per heavy atom. The van der Waals surface area contributed by atoms with Crippen LogP contribution in [0.1, 0.15) is 36.4 Å². The number of benzene rings is 1. The third-order valence-electron chi connectivity index (χ3n) is 5.01. The summed E-state index contributed by atoms with van der Waals surface area (Å²) >= 11 is 3.03. The first kappa shape index (κ1) is 19.7. The van der Waals surface area contributed by atoms with Crippen LogP contribution in [0.3, 0.4) is 0 Å². The van der Waals surface area contributed by atoms with E-state index in [1.807, 2.05) is 46.3 Å². The smallest absolute Gasteiger partial charge is 0.231 e. The molecule has 0 atom stereocenters. The van der Waals surface area contributed by atoms with E-state index in [1.54, 1.807) is 11.3 Å². The quantitative estimate of drug-likeness (QED) is 0.582. The molecule has 1 N–H and O–H groups in total. The summed E-state index contributed by atoms with van der Waals surface area (Å²) in [5, 5.41) is 23.9. The van der Waals surface area contributed by atoms with Gasteiger partial charge in [0, 0.05) is 17.0 Å². The average Bonchev–Trinajstić information content (AvgIpc) is 3.49. The lowest BCUT2D eigenvalue weighted by Gasteiger charge is -2.21. The molecule has 0 spiro atoms. The van der Waals surface area contributed by atoms with Crippen LogP contribution in [0.4, 0.5) is 0 Å². The van der Waals surface area contributed by atoms with Crippen molar-refractivity contribution in [3.63, 3.8) is 0 Å². The van der Waals surface area contributed by atoms with Crippen LogP contribution in [0.5, 0.6) is 0 Å². The van der Waals surface area contributed by atoms with Crippen LogP contribution in [0.15, 0.2) is 53.0 Å². The fourth-order valence-electron chi connectivity index (χ4n) is 3.59. The number of rotatable bonds is 7. The van der Waals surface area contributed by atoms with Gasteiger partial charge in [-0.2, -0.15) is 5.26 Å². The number of carbonyl (C=O) groups excluding carboxylic acids is 1. The topological polar surface area (TPSA) is 83.6 Å². The number of carbonyl (C=O) groups is 1. The van der Waals surface area contributed by atoms with Crippen molar-refractivity contribution in [2.24, 2.45) is 0 Å². The molecular weight excluding hydrogens is 402 g/mol. The monoisotopic (exact) mass is 423 g/mol. The Labute approximate surface area is 178 Å². The number of nitriles is 1. The Balaban J connectivity index is 1.52. The summed E-state index contributed by atoms with van der Waals surface area (Å²) in [6, 6.07) is 16.3. The third kappa shape index (κ3) is 4.52. The lowest BCUT2D eigenvalue weighted by molar-refractivity contribution is -0.119. The number of para-hydroxylation sites is 1. The van der Waals surface area contributed by atoms with Crippen LogP contribution in [0.2, 0.25) is 0 Å². The number of nitrogens with zero attached hydrogens (tertiary/aromatic N) is 4. The maximum atomic E-state index is 12.5. The van der Waals surface area contributed by atoms with Crippen LogP contribution in [-0.4, -0.2) is 32.0 Å². The molecule has 0 aliphatic heterocycles. The van der Waals surface area contributed by atoms with E-state index in [-0.39, 0.29) is 11.7 Å². The minimum absolute atomic E-state index is 0.138. The second kappa shape index (κ2) is 8.80. The van der Waals surface area contributed by atoms with Crippen molar-refractivity contribution in [2.75, 3.05) is 5.75 Å². The third-order valence-corrected chi connectivity index (χ3v) is 6.81. The highest BCUT2D eigenvalue weighted by Gasteiger charge is 2.35. The number of thiophene rings is 1. The highest BCUT2D eigenvalue weighted by Crippen LogP contribution is 2.29. The maximum Gasteiger partial charge on any atom is 0.231 e. The van der Waals surface area contributed by atoms with Gasteiger partial charge in [0.25, 0.3) is 0 Å². The van der Waals surface area contributed by atoms with Crippen LogP contribution in [0.25, 0.3) is 5.69 Å². The summed E-state index contributed by atoms with van der Waals surface area (Å²) in [6.45, 7) is 0. The molecule has 1 saturated carbocycles. The molecule has 2 heterocycles. The number of amides is 1. The van der Waals surface area contributed by atoms with E-state index in [9.17, 15) is 10.1 Å². The SMILES string of the molecule is N#CC1(NC(=O)CSc2nnc(Cc3cccs3)n2-c2ccccc2)CCCC1. The summed E-state index contributed by atoms with van der Waals surface area (Å²) in [5.41, 5.74) is 0.269. The van der Waals surface area contributed by atoms with Crippen molar-refractivity contribution >= 4 is 29.0 Å². The summed E-state index contributed by atoms with van der Waals surface area (Å²) in [4.78, 5) is 13.7. The predicted molar refractivity (Wildman–Crippen MR) is 114 cm³/mol. The molecule has 1 aliphatic carbocycles. The van der Waals surface area contributed by atoms with Gasteiger partial charge in [-0.3, -0.25) is 9.36 Å². The first-order valence-electron chi connectivity index (χ1n) is 9.56. The lowest BCUT2D eigenvalue weighted by Crippen LogP contribution is -2.45. The molecule has 0 unspecified atom stereocenters. The van der Waals surface area contributed by atoms with Gasteiger partial charge < -0.3 is 5.32 Å². The Kier molecular flexibility index (Phi) is 5.97. The molecule has 0 saturated heterocycles. The zero-order chi connectivity index (χ0) is 20.1. The number of aromatic nitrogens is 3. The summed E-state index contributed by atoms with van der Waals surface area (Å²) in [7, 11) is 0. The molecule has 1 fully saturated rings. The summed E-state index contributed by atoms with van der Waals surface area (Å²) < 4.78 is 2.01. The Bertz CT molecular complexity index is 1000. The minimum atomic E-state index is -0.699. The number of nitrogens with one attached hydrogen (secondary N) is 1. The average molecular weight is 424 g/mol. The predicted octanol–water partition coefficient (Wildman–Crippen LogP) is 3.96. The van der Waals surface area contributed by atoms with Crippen molar-refractivity contribution in [1.82, 2.24) is 20.1 Å². The first-order chi connectivity index (χ1) is 14.2. The molecule has 148 valence electrons. The van der Waals surface area contributed by atoms with Gasteiger partial charge in [0.15, 0.2) is 5.16 Å². The van der Waals surface area contributed by atoms with Crippen LogP contribution in [0, 0.1) is 11.3 Å². The molecule has 0 radical (unpaired) electrons. The maximum absolute atomic E-state index is 12.5.